The number of fused-ring (bicyclic) bond motifs is 1. The molecule has 1 unspecified atom stereocenters. The van der Waals surface area contributed by atoms with E-state index in [0.717, 1.165) is 37.3 Å². The Labute approximate surface area is 145 Å². The lowest BCUT2D eigenvalue weighted by molar-refractivity contribution is -0.138. The summed E-state index contributed by atoms with van der Waals surface area (Å²) in [5, 5.41) is 12.2. The van der Waals surface area contributed by atoms with Gasteiger partial charge in [-0.25, -0.2) is 9.88 Å². The van der Waals surface area contributed by atoms with E-state index < -0.39 is 5.60 Å². The molecule has 3 aliphatic rings. The zero-order valence-corrected chi connectivity index (χ0v) is 13.8. The summed E-state index contributed by atoms with van der Waals surface area (Å²) in [5.74, 6) is -0.216. The molecule has 2 fully saturated rings. The molecule has 1 N–H and O–H groups in total. The number of nitrogens with zero attached hydrogens (tertiary/aromatic N) is 4. The Balaban J connectivity index is 1.59. The van der Waals surface area contributed by atoms with Crippen molar-refractivity contribution in [1.29, 1.82) is 5.26 Å². The van der Waals surface area contributed by atoms with Crippen molar-refractivity contribution in [2.45, 2.75) is 31.3 Å². The molecule has 3 aliphatic heterocycles. The van der Waals surface area contributed by atoms with Crippen molar-refractivity contribution in [2.24, 2.45) is 0 Å². The SMILES string of the molecule is N#CN1CCC2(CNc3ccc(C(=O)N4CCCCC4)nc3O2)C1=O. The number of anilines is 1. The summed E-state index contributed by atoms with van der Waals surface area (Å²) in [6.45, 7) is 2.11. The third kappa shape index (κ3) is 2.56. The molecule has 8 heteroatoms. The van der Waals surface area contributed by atoms with E-state index in [4.69, 9.17) is 10.00 Å². The molecule has 4 rings (SSSR count). The van der Waals surface area contributed by atoms with E-state index in [1.54, 1.807) is 12.1 Å². The maximum atomic E-state index is 12.6. The van der Waals surface area contributed by atoms with Gasteiger partial charge < -0.3 is 15.0 Å². The van der Waals surface area contributed by atoms with Gasteiger partial charge in [-0.3, -0.25) is 9.59 Å². The number of pyridine rings is 1. The van der Waals surface area contributed by atoms with Crippen LogP contribution in [0.2, 0.25) is 0 Å². The summed E-state index contributed by atoms with van der Waals surface area (Å²) in [5.41, 5.74) is -0.131. The number of aromatic nitrogens is 1. The number of amides is 2. The number of carbonyl (C=O) groups is 2. The summed E-state index contributed by atoms with van der Waals surface area (Å²) in [4.78, 5) is 32.3. The summed E-state index contributed by atoms with van der Waals surface area (Å²) in [6.07, 6.45) is 5.46. The molecule has 8 nitrogen and oxygen atoms in total. The number of likely N-dealkylation sites (tertiary alicyclic amines) is 2. The normalized spacial score (nSPS) is 25.2. The number of piperidine rings is 1. The maximum absolute atomic E-state index is 12.6. The molecule has 1 aromatic heterocycles. The molecule has 2 amide bonds. The first-order valence-electron chi connectivity index (χ1n) is 8.58. The Morgan fingerprint density at radius 1 is 1.28 bits per heavy atom. The van der Waals surface area contributed by atoms with Crippen LogP contribution < -0.4 is 10.1 Å². The highest BCUT2D eigenvalue weighted by Gasteiger charge is 2.51. The first-order valence-corrected chi connectivity index (χ1v) is 8.58. The Bertz CT molecular complexity index is 768. The summed E-state index contributed by atoms with van der Waals surface area (Å²) < 4.78 is 5.92. The van der Waals surface area contributed by atoms with E-state index in [2.05, 4.69) is 10.3 Å². The number of nitriles is 1. The van der Waals surface area contributed by atoms with Crippen LogP contribution in [0.5, 0.6) is 5.88 Å². The summed E-state index contributed by atoms with van der Waals surface area (Å²) in [7, 11) is 0. The number of ether oxygens (including phenoxy) is 1. The molecule has 0 aliphatic carbocycles. The smallest absolute Gasteiger partial charge is 0.281 e. The zero-order valence-electron chi connectivity index (χ0n) is 13.8. The van der Waals surface area contributed by atoms with Gasteiger partial charge in [0.1, 0.15) is 5.69 Å². The fourth-order valence-corrected chi connectivity index (χ4v) is 3.59. The average Bonchev–Trinajstić information content (AvgIpc) is 2.96. The lowest BCUT2D eigenvalue weighted by atomic mass is 10.0. The lowest BCUT2D eigenvalue weighted by Gasteiger charge is -2.33. The van der Waals surface area contributed by atoms with Gasteiger partial charge in [0, 0.05) is 26.1 Å². The van der Waals surface area contributed by atoms with Gasteiger partial charge in [0.05, 0.1) is 12.2 Å². The molecule has 1 spiro atoms. The second-order valence-electron chi connectivity index (χ2n) is 6.66. The summed E-state index contributed by atoms with van der Waals surface area (Å²) >= 11 is 0. The van der Waals surface area contributed by atoms with Crippen molar-refractivity contribution >= 4 is 17.5 Å². The van der Waals surface area contributed by atoms with E-state index in [9.17, 15) is 9.59 Å². The van der Waals surface area contributed by atoms with Crippen LogP contribution in [0.1, 0.15) is 36.2 Å². The first-order chi connectivity index (χ1) is 12.1. The Hall–Kier alpha value is -2.82. The number of hydrogen-bond acceptors (Lipinski definition) is 6. The molecule has 0 aromatic carbocycles. The third-order valence-corrected chi connectivity index (χ3v) is 5.07. The zero-order chi connectivity index (χ0) is 17.4. The van der Waals surface area contributed by atoms with E-state index in [0.29, 0.717) is 24.3 Å². The fraction of sp³-hybridized carbons (Fsp3) is 0.529. The number of carbonyl (C=O) groups excluding carboxylic acids is 2. The van der Waals surface area contributed by atoms with Crippen molar-refractivity contribution in [3.8, 4) is 12.1 Å². The Kier molecular flexibility index (Phi) is 3.71. The molecule has 0 saturated carbocycles. The standard InChI is InChI=1S/C17H19N5O3/c18-11-22-9-6-17(16(22)24)10-19-12-4-5-13(20-14(12)25-17)15(23)21-7-2-1-3-8-21/h4-5,19H,1-3,6-10H2. The van der Waals surface area contributed by atoms with Gasteiger partial charge in [0.25, 0.3) is 11.8 Å². The molecule has 0 bridgehead atoms. The maximum Gasteiger partial charge on any atom is 0.281 e. The van der Waals surface area contributed by atoms with Crippen LogP contribution in [-0.4, -0.2) is 58.4 Å². The van der Waals surface area contributed by atoms with Crippen molar-refractivity contribution in [3.63, 3.8) is 0 Å². The molecule has 1 atom stereocenters. The molecule has 0 radical (unpaired) electrons. The van der Waals surface area contributed by atoms with Gasteiger partial charge in [0.2, 0.25) is 11.5 Å². The average molecular weight is 341 g/mol. The third-order valence-electron chi connectivity index (χ3n) is 5.07. The number of rotatable bonds is 1. The van der Waals surface area contributed by atoms with Crippen LogP contribution in [0.15, 0.2) is 12.1 Å². The van der Waals surface area contributed by atoms with Crippen LogP contribution in [0, 0.1) is 11.5 Å². The van der Waals surface area contributed by atoms with E-state index in [1.807, 2.05) is 11.1 Å². The van der Waals surface area contributed by atoms with Crippen molar-refractivity contribution in [1.82, 2.24) is 14.8 Å². The highest BCUT2D eigenvalue weighted by molar-refractivity contribution is 5.93. The second kappa shape index (κ2) is 5.92. The van der Waals surface area contributed by atoms with E-state index in [1.165, 1.54) is 0 Å². The first kappa shape index (κ1) is 15.7. The monoisotopic (exact) mass is 341 g/mol. The van der Waals surface area contributed by atoms with Crippen LogP contribution in [0.3, 0.4) is 0 Å². The highest BCUT2D eigenvalue weighted by atomic mass is 16.5. The Morgan fingerprint density at radius 2 is 2.08 bits per heavy atom. The lowest BCUT2D eigenvalue weighted by Crippen LogP contribution is -2.51. The minimum Gasteiger partial charge on any atom is -0.457 e. The van der Waals surface area contributed by atoms with E-state index >= 15 is 0 Å². The quantitative estimate of drug-likeness (QED) is 0.764. The van der Waals surface area contributed by atoms with Crippen LogP contribution in [0.25, 0.3) is 0 Å². The second-order valence-corrected chi connectivity index (χ2v) is 6.66. The van der Waals surface area contributed by atoms with Crippen LogP contribution in [-0.2, 0) is 4.79 Å². The van der Waals surface area contributed by atoms with Gasteiger partial charge in [-0.15, -0.1) is 0 Å². The largest absolute Gasteiger partial charge is 0.457 e. The molecule has 130 valence electrons. The Morgan fingerprint density at radius 3 is 2.80 bits per heavy atom. The molecular weight excluding hydrogens is 322 g/mol. The molecule has 25 heavy (non-hydrogen) atoms. The summed E-state index contributed by atoms with van der Waals surface area (Å²) in [6, 6.07) is 3.44. The molecular formula is C17H19N5O3. The van der Waals surface area contributed by atoms with Gasteiger partial charge in [0.15, 0.2) is 6.19 Å². The minimum atomic E-state index is -1.11. The van der Waals surface area contributed by atoms with Crippen molar-refractivity contribution < 1.29 is 14.3 Å². The van der Waals surface area contributed by atoms with Gasteiger partial charge >= 0.3 is 0 Å². The van der Waals surface area contributed by atoms with Crippen molar-refractivity contribution in [2.75, 3.05) is 31.5 Å². The minimum absolute atomic E-state index is 0.109. The van der Waals surface area contributed by atoms with Crippen LogP contribution in [0.4, 0.5) is 5.69 Å². The fourth-order valence-electron chi connectivity index (χ4n) is 3.59. The van der Waals surface area contributed by atoms with Crippen molar-refractivity contribution in [3.05, 3.63) is 17.8 Å². The number of hydrogen-bond donors (Lipinski definition) is 1. The topological polar surface area (TPSA) is 98.6 Å². The number of nitrogens with one attached hydrogen (secondary N) is 1. The van der Waals surface area contributed by atoms with Gasteiger partial charge in [-0.2, -0.15) is 5.26 Å². The predicted molar refractivity (Wildman–Crippen MR) is 87.8 cm³/mol. The van der Waals surface area contributed by atoms with Gasteiger partial charge in [-0.05, 0) is 31.4 Å². The predicted octanol–water partition coefficient (Wildman–Crippen LogP) is 0.964. The molecule has 4 heterocycles. The molecule has 1 aromatic rings. The van der Waals surface area contributed by atoms with E-state index in [-0.39, 0.29) is 24.2 Å². The highest BCUT2D eigenvalue weighted by Crippen LogP contribution is 2.36. The van der Waals surface area contributed by atoms with Gasteiger partial charge in [-0.1, -0.05) is 0 Å². The molecule has 2 saturated heterocycles. The van der Waals surface area contributed by atoms with Crippen LogP contribution >= 0.6 is 0 Å².